The number of halogens is 1. The topological polar surface area (TPSA) is 40.5 Å². The smallest absolute Gasteiger partial charge is 0.193 e. The molecule has 4 nitrogen and oxygen atoms in total. The molecule has 22 heavy (non-hydrogen) atoms. The van der Waals surface area contributed by atoms with Gasteiger partial charge in [-0.25, -0.2) is 9.98 Å². The third kappa shape index (κ3) is 5.92. The molecule has 120 valence electrons. The van der Waals surface area contributed by atoms with Crippen LogP contribution in [0, 0.1) is 0 Å². The van der Waals surface area contributed by atoms with E-state index in [1.54, 1.807) is 11.3 Å². The summed E-state index contributed by atoms with van der Waals surface area (Å²) in [5, 5.41) is 6.59. The fraction of sp³-hybridized carbons (Fsp3) is 0.375. The van der Waals surface area contributed by atoms with Gasteiger partial charge in [0.1, 0.15) is 0 Å². The van der Waals surface area contributed by atoms with Gasteiger partial charge in [-0.15, -0.1) is 35.3 Å². The second-order valence-electron chi connectivity index (χ2n) is 5.17. The summed E-state index contributed by atoms with van der Waals surface area (Å²) >= 11 is 1.70. The average molecular weight is 430 g/mol. The minimum Gasteiger partial charge on any atom is -0.356 e. The highest BCUT2D eigenvalue weighted by molar-refractivity contribution is 14.0. The first-order chi connectivity index (χ1) is 10.2. The van der Waals surface area contributed by atoms with Gasteiger partial charge in [0.15, 0.2) is 5.96 Å². The lowest BCUT2D eigenvalue weighted by atomic mass is 10.2. The van der Waals surface area contributed by atoms with Crippen molar-refractivity contribution in [2.45, 2.75) is 19.4 Å². The monoisotopic (exact) mass is 430 g/mol. The zero-order chi connectivity index (χ0) is 15.1. The van der Waals surface area contributed by atoms with Gasteiger partial charge in [0, 0.05) is 38.1 Å². The molecular formula is C16H23IN4S. The van der Waals surface area contributed by atoms with Crippen LogP contribution in [0.1, 0.15) is 23.4 Å². The summed E-state index contributed by atoms with van der Waals surface area (Å²) < 4.78 is 0. The lowest BCUT2D eigenvalue weighted by Crippen LogP contribution is -2.38. The van der Waals surface area contributed by atoms with E-state index in [1.165, 1.54) is 5.56 Å². The molecular weight excluding hydrogens is 407 g/mol. The largest absolute Gasteiger partial charge is 0.356 e. The zero-order valence-corrected chi connectivity index (χ0v) is 16.3. The summed E-state index contributed by atoms with van der Waals surface area (Å²) in [6.07, 6.45) is 1.85. The second kappa shape index (κ2) is 9.78. The Morgan fingerprint density at radius 1 is 1.32 bits per heavy atom. The molecule has 0 radical (unpaired) electrons. The summed E-state index contributed by atoms with van der Waals surface area (Å²) in [7, 11) is 4.01. The SMILES string of the molecule is CC(CNC(=NCc1ccccc1)N(C)C)c1nccs1.I. The molecule has 0 saturated carbocycles. The fourth-order valence-electron chi connectivity index (χ4n) is 1.91. The van der Waals surface area contributed by atoms with E-state index in [-0.39, 0.29) is 24.0 Å². The van der Waals surface area contributed by atoms with Crippen molar-refractivity contribution in [2.75, 3.05) is 20.6 Å². The number of nitrogens with one attached hydrogen (secondary N) is 1. The number of hydrogen-bond acceptors (Lipinski definition) is 3. The maximum Gasteiger partial charge on any atom is 0.193 e. The molecule has 0 bridgehead atoms. The Morgan fingerprint density at radius 2 is 2.05 bits per heavy atom. The summed E-state index contributed by atoms with van der Waals surface area (Å²) in [5.74, 6) is 1.29. The number of nitrogens with zero attached hydrogens (tertiary/aromatic N) is 3. The normalized spacial score (nSPS) is 12.4. The minimum atomic E-state index is 0. The molecule has 0 aliphatic rings. The molecule has 6 heteroatoms. The van der Waals surface area contributed by atoms with E-state index in [9.17, 15) is 0 Å². The van der Waals surface area contributed by atoms with Gasteiger partial charge in [-0.1, -0.05) is 37.3 Å². The highest BCUT2D eigenvalue weighted by atomic mass is 127. The predicted molar refractivity (Wildman–Crippen MR) is 105 cm³/mol. The maximum absolute atomic E-state index is 4.66. The molecule has 0 fully saturated rings. The Kier molecular flexibility index (Phi) is 8.40. The van der Waals surface area contributed by atoms with Gasteiger partial charge in [0.25, 0.3) is 0 Å². The van der Waals surface area contributed by atoms with Crippen molar-refractivity contribution in [1.82, 2.24) is 15.2 Å². The predicted octanol–water partition coefficient (Wildman–Crippen LogP) is 3.57. The van der Waals surface area contributed by atoms with Crippen molar-refractivity contribution in [3.05, 3.63) is 52.5 Å². The average Bonchev–Trinajstić information content (AvgIpc) is 3.02. The number of rotatable bonds is 5. The lowest BCUT2D eigenvalue weighted by molar-refractivity contribution is 0.567. The molecule has 0 saturated heterocycles. The van der Waals surface area contributed by atoms with Crippen LogP contribution in [-0.4, -0.2) is 36.5 Å². The summed E-state index contributed by atoms with van der Waals surface area (Å²) in [5.41, 5.74) is 1.21. The van der Waals surface area contributed by atoms with Gasteiger partial charge >= 0.3 is 0 Å². The van der Waals surface area contributed by atoms with Gasteiger partial charge in [0.05, 0.1) is 11.6 Å². The summed E-state index contributed by atoms with van der Waals surface area (Å²) in [6, 6.07) is 10.3. The first-order valence-corrected chi connectivity index (χ1v) is 7.93. The molecule has 1 unspecified atom stereocenters. The minimum absolute atomic E-state index is 0. The molecule has 2 rings (SSSR count). The standard InChI is InChI=1S/C16H22N4S.HI/c1-13(15-17-9-10-21-15)11-18-16(20(2)3)19-12-14-7-5-4-6-8-14;/h4-10,13H,11-12H2,1-3H3,(H,18,19);1H. The van der Waals surface area contributed by atoms with Crippen LogP contribution in [0.4, 0.5) is 0 Å². The van der Waals surface area contributed by atoms with Crippen molar-refractivity contribution >= 4 is 41.3 Å². The van der Waals surface area contributed by atoms with Gasteiger partial charge in [-0.05, 0) is 5.56 Å². The van der Waals surface area contributed by atoms with Crippen LogP contribution in [0.3, 0.4) is 0 Å². The second-order valence-corrected chi connectivity index (χ2v) is 6.10. The van der Waals surface area contributed by atoms with Crippen LogP contribution in [-0.2, 0) is 6.54 Å². The Hall–Kier alpha value is -1.15. The van der Waals surface area contributed by atoms with Crippen LogP contribution < -0.4 is 5.32 Å². The first-order valence-electron chi connectivity index (χ1n) is 7.05. The van der Waals surface area contributed by atoms with Crippen LogP contribution in [0.25, 0.3) is 0 Å². The van der Waals surface area contributed by atoms with E-state index in [4.69, 9.17) is 0 Å². The summed E-state index contributed by atoms with van der Waals surface area (Å²) in [6.45, 7) is 3.70. The van der Waals surface area contributed by atoms with E-state index >= 15 is 0 Å². The van der Waals surface area contributed by atoms with E-state index in [2.05, 4.69) is 34.3 Å². The van der Waals surface area contributed by atoms with Crippen LogP contribution in [0.15, 0.2) is 46.9 Å². The molecule has 1 aromatic carbocycles. The third-order valence-electron chi connectivity index (χ3n) is 3.12. The van der Waals surface area contributed by atoms with Crippen molar-refractivity contribution < 1.29 is 0 Å². The van der Waals surface area contributed by atoms with Crippen LogP contribution in [0.5, 0.6) is 0 Å². The third-order valence-corrected chi connectivity index (χ3v) is 4.12. The molecule has 0 amide bonds. The Balaban J connectivity index is 0.00000242. The molecule has 0 aliphatic carbocycles. The van der Waals surface area contributed by atoms with Crippen LogP contribution in [0.2, 0.25) is 0 Å². The Labute approximate surface area is 153 Å². The highest BCUT2D eigenvalue weighted by Crippen LogP contribution is 2.16. The van der Waals surface area contributed by atoms with E-state index in [1.807, 2.05) is 48.8 Å². The maximum atomic E-state index is 4.66. The Bertz CT molecular complexity index is 555. The number of aromatic nitrogens is 1. The number of aliphatic imine (C=N–C) groups is 1. The molecule has 0 spiro atoms. The van der Waals surface area contributed by atoms with Crippen LogP contribution >= 0.6 is 35.3 Å². The van der Waals surface area contributed by atoms with Gasteiger partial charge < -0.3 is 10.2 Å². The van der Waals surface area contributed by atoms with Gasteiger partial charge in [0.2, 0.25) is 0 Å². The molecule has 1 atom stereocenters. The Morgan fingerprint density at radius 3 is 2.64 bits per heavy atom. The number of thiazole rings is 1. The van der Waals surface area contributed by atoms with Crippen molar-refractivity contribution in [3.8, 4) is 0 Å². The lowest BCUT2D eigenvalue weighted by Gasteiger charge is -2.19. The number of hydrogen-bond donors (Lipinski definition) is 1. The summed E-state index contributed by atoms with van der Waals surface area (Å²) in [4.78, 5) is 11.0. The molecule has 1 heterocycles. The number of benzene rings is 1. The molecule has 1 aromatic heterocycles. The quantitative estimate of drug-likeness (QED) is 0.448. The van der Waals surface area contributed by atoms with Crippen molar-refractivity contribution in [2.24, 2.45) is 4.99 Å². The van der Waals surface area contributed by atoms with E-state index in [0.29, 0.717) is 12.5 Å². The molecule has 2 aromatic rings. The fourth-order valence-corrected chi connectivity index (χ4v) is 2.61. The van der Waals surface area contributed by atoms with Gasteiger partial charge in [-0.3, -0.25) is 0 Å². The molecule has 1 N–H and O–H groups in total. The number of guanidine groups is 1. The first kappa shape index (κ1) is 18.9. The highest BCUT2D eigenvalue weighted by Gasteiger charge is 2.10. The van der Waals surface area contributed by atoms with E-state index in [0.717, 1.165) is 17.5 Å². The van der Waals surface area contributed by atoms with E-state index < -0.39 is 0 Å². The van der Waals surface area contributed by atoms with Crippen molar-refractivity contribution in [1.29, 1.82) is 0 Å². The molecule has 0 aliphatic heterocycles. The van der Waals surface area contributed by atoms with Crippen molar-refractivity contribution in [3.63, 3.8) is 0 Å². The van der Waals surface area contributed by atoms with Gasteiger partial charge in [-0.2, -0.15) is 0 Å². The zero-order valence-electron chi connectivity index (χ0n) is 13.2.